The molecule has 2 saturated heterocycles. The van der Waals surface area contributed by atoms with Crippen LogP contribution in [0.15, 0.2) is 18.2 Å². The predicted octanol–water partition coefficient (Wildman–Crippen LogP) is 1.99. The van der Waals surface area contributed by atoms with Gasteiger partial charge in [-0.1, -0.05) is 18.5 Å². The second-order valence-corrected chi connectivity index (χ2v) is 7.20. The molecule has 0 saturated carbocycles. The van der Waals surface area contributed by atoms with Gasteiger partial charge in [-0.15, -0.1) is 0 Å². The van der Waals surface area contributed by atoms with Crippen LogP contribution in [0.4, 0.5) is 10.5 Å². The lowest BCUT2D eigenvalue weighted by atomic mass is 9.81. The van der Waals surface area contributed by atoms with Crippen LogP contribution in [0.1, 0.15) is 30.1 Å². The number of benzene rings is 1. The number of rotatable bonds is 4. The van der Waals surface area contributed by atoms with Crippen molar-refractivity contribution in [3.63, 3.8) is 0 Å². The Balaban J connectivity index is 1.70. The fourth-order valence-electron chi connectivity index (χ4n) is 3.17. The molecule has 0 aromatic heterocycles. The molecule has 0 radical (unpaired) electrons. The van der Waals surface area contributed by atoms with Crippen molar-refractivity contribution in [3.8, 4) is 0 Å². The molecular formula is C17H23ClN4O2. The summed E-state index contributed by atoms with van der Waals surface area (Å²) in [5, 5.41) is 9.49. The molecule has 6 nitrogen and oxygen atoms in total. The van der Waals surface area contributed by atoms with Gasteiger partial charge in [0, 0.05) is 25.3 Å². The lowest BCUT2D eigenvalue weighted by Crippen LogP contribution is -2.43. The van der Waals surface area contributed by atoms with E-state index < -0.39 is 0 Å². The first-order chi connectivity index (χ1) is 11.5. The summed E-state index contributed by atoms with van der Waals surface area (Å²) >= 11 is 6.20. The summed E-state index contributed by atoms with van der Waals surface area (Å²) < 4.78 is 0. The molecule has 3 rings (SSSR count). The molecule has 0 spiro atoms. The van der Waals surface area contributed by atoms with Gasteiger partial charge >= 0.3 is 6.03 Å². The van der Waals surface area contributed by atoms with Gasteiger partial charge in [0.25, 0.3) is 5.91 Å². The minimum absolute atomic E-state index is 0.111. The molecular weight excluding hydrogens is 328 g/mol. The SMILES string of the molecule is CC1(CNC(=O)c2cc(N3CCNC3=O)ccc2Cl)CCNCC1. The smallest absolute Gasteiger partial charge is 0.321 e. The fourth-order valence-corrected chi connectivity index (χ4v) is 3.37. The number of carbonyl (C=O) groups excluding carboxylic acids is 2. The molecule has 2 aliphatic rings. The minimum Gasteiger partial charge on any atom is -0.351 e. The summed E-state index contributed by atoms with van der Waals surface area (Å²) in [5.74, 6) is -0.193. The van der Waals surface area contributed by atoms with E-state index in [1.54, 1.807) is 23.1 Å². The van der Waals surface area contributed by atoms with Crippen molar-refractivity contribution in [1.82, 2.24) is 16.0 Å². The molecule has 24 heavy (non-hydrogen) atoms. The van der Waals surface area contributed by atoms with E-state index in [0.717, 1.165) is 25.9 Å². The van der Waals surface area contributed by atoms with Gasteiger partial charge in [-0.25, -0.2) is 4.79 Å². The highest BCUT2D eigenvalue weighted by Crippen LogP contribution is 2.28. The highest BCUT2D eigenvalue weighted by Gasteiger charge is 2.28. The summed E-state index contributed by atoms with van der Waals surface area (Å²) in [7, 11) is 0. The van der Waals surface area contributed by atoms with Crippen LogP contribution in [-0.2, 0) is 0 Å². The normalized spacial score (nSPS) is 19.9. The second kappa shape index (κ2) is 6.99. The van der Waals surface area contributed by atoms with Gasteiger partial charge in [-0.05, 0) is 49.5 Å². The predicted molar refractivity (Wildman–Crippen MR) is 94.7 cm³/mol. The first-order valence-corrected chi connectivity index (χ1v) is 8.70. The van der Waals surface area contributed by atoms with Gasteiger partial charge in [-0.3, -0.25) is 9.69 Å². The molecule has 7 heteroatoms. The Hall–Kier alpha value is -1.79. The largest absolute Gasteiger partial charge is 0.351 e. The average molecular weight is 351 g/mol. The van der Waals surface area contributed by atoms with Crippen LogP contribution in [0.25, 0.3) is 0 Å². The lowest BCUT2D eigenvalue weighted by molar-refractivity contribution is 0.0922. The molecule has 3 amide bonds. The highest BCUT2D eigenvalue weighted by molar-refractivity contribution is 6.34. The van der Waals surface area contributed by atoms with Gasteiger partial charge in [0.05, 0.1) is 10.6 Å². The summed E-state index contributed by atoms with van der Waals surface area (Å²) in [4.78, 5) is 26.0. The Morgan fingerprint density at radius 1 is 1.33 bits per heavy atom. The Labute approximate surface area is 146 Å². The monoisotopic (exact) mass is 350 g/mol. The molecule has 3 N–H and O–H groups in total. The van der Waals surface area contributed by atoms with Crippen molar-refractivity contribution < 1.29 is 9.59 Å². The number of hydrogen-bond acceptors (Lipinski definition) is 3. The van der Waals surface area contributed by atoms with Gasteiger partial charge in [0.1, 0.15) is 0 Å². The van der Waals surface area contributed by atoms with Gasteiger partial charge in [0.2, 0.25) is 0 Å². The van der Waals surface area contributed by atoms with E-state index in [-0.39, 0.29) is 17.4 Å². The minimum atomic E-state index is -0.193. The summed E-state index contributed by atoms with van der Waals surface area (Å²) in [5.41, 5.74) is 1.21. The first-order valence-electron chi connectivity index (χ1n) is 8.32. The highest BCUT2D eigenvalue weighted by atomic mass is 35.5. The third-order valence-electron chi connectivity index (χ3n) is 4.85. The molecule has 2 heterocycles. The van der Waals surface area contributed by atoms with Gasteiger partial charge in [-0.2, -0.15) is 0 Å². The summed E-state index contributed by atoms with van der Waals surface area (Å²) in [6.45, 7) is 5.97. The van der Waals surface area contributed by atoms with Gasteiger partial charge in [0.15, 0.2) is 0 Å². The van der Waals surface area contributed by atoms with Crippen LogP contribution in [0.5, 0.6) is 0 Å². The van der Waals surface area contributed by atoms with E-state index in [4.69, 9.17) is 11.6 Å². The molecule has 0 atom stereocenters. The molecule has 1 aromatic rings. The average Bonchev–Trinajstić information content (AvgIpc) is 3.00. The number of halogens is 1. The summed E-state index contributed by atoms with van der Waals surface area (Å²) in [6, 6.07) is 4.97. The van der Waals surface area contributed by atoms with E-state index in [0.29, 0.717) is 35.9 Å². The number of piperidine rings is 1. The molecule has 2 aliphatic heterocycles. The number of nitrogens with zero attached hydrogens (tertiary/aromatic N) is 1. The maximum atomic E-state index is 12.6. The van der Waals surface area contributed by atoms with Crippen molar-refractivity contribution in [2.24, 2.45) is 5.41 Å². The van der Waals surface area contributed by atoms with Crippen molar-refractivity contribution in [2.45, 2.75) is 19.8 Å². The third kappa shape index (κ3) is 3.65. The zero-order valence-electron chi connectivity index (χ0n) is 13.8. The molecule has 1 aromatic carbocycles. The van der Waals surface area contributed by atoms with Crippen LogP contribution in [-0.4, -0.2) is 44.7 Å². The number of hydrogen-bond donors (Lipinski definition) is 3. The van der Waals surface area contributed by atoms with Crippen LogP contribution in [0.3, 0.4) is 0 Å². The van der Waals surface area contributed by atoms with Crippen LogP contribution < -0.4 is 20.9 Å². The van der Waals surface area contributed by atoms with Crippen molar-refractivity contribution in [1.29, 1.82) is 0 Å². The van der Waals surface area contributed by atoms with E-state index in [1.807, 2.05) is 0 Å². The number of urea groups is 1. The maximum absolute atomic E-state index is 12.6. The number of anilines is 1. The molecule has 0 bridgehead atoms. The fraction of sp³-hybridized carbons (Fsp3) is 0.529. The number of nitrogens with one attached hydrogen (secondary N) is 3. The third-order valence-corrected chi connectivity index (χ3v) is 5.18. The Bertz CT molecular complexity index is 643. The zero-order chi connectivity index (χ0) is 17.2. The Kier molecular flexibility index (Phi) is 4.96. The van der Waals surface area contributed by atoms with E-state index in [1.165, 1.54) is 0 Å². The quantitative estimate of drug-likeness (QED) is 0.777. The summed E-state index contributed by atoms with van der Waals surface area (Å²) in [6.07, 6.45) is 2.07. The first kappa shape index (κ1) is 17.0. The maximum Gasteiger partial charge on any atom is 0.321 e. The molecule has 0 unspecified atom stereocenters. The van der Waals surface area contributed by atoms with Crippen LogP contribution >= 0.6 is 11.6 Å². The Morgan fingerprint density at radius 3 is 2.75 bits per heavy atom. The van der Waals surface area contributed by atoms with E-state index >= 15 is 0 Å². The van der Waals surface area contributed by atoms with Gasteiger partial charge < -0.3 is 16.0 Å². The number of carbonyl (C=O) groups is 2. The van der Waals surface area contributed by atoms with E-state index in [9.17, 15) is 9.59 Å². The lowest BCUT2D eigenvalue weighted by Gasteiger charge is -2.34. The van der Waals surface area contributed by atoms with E-state index in [2.05, 4.69) is 22.9 Å². The number of amides is 3. The molecule has 0 aliphatic carbocycles. The Morgan fingerprint density at radius 2 is 2.08 bits per heavy atom. The van der Waals surface area contributed by atoms with Crippen LogP contribution in [0.2, 0.25) is 5.02 Å². The molecule has 130 valence electrons. The van der Waals surface area contributed by atoms with Crippen molar-refractivity contribution in [3.05, 3.63) is 28.8 Å². The standard InChI is InChI=1S/C17H23ClN4O2/c1-17(4-6-19-7-5-17)11-21-15(23)13-10-12(2-3-14(13)18)22-9-8-20-16(22)24/h2-3,10,19H,4-9,11H2,1H3,(H,20,24)(H,21,23). The zero-order valence-corrected chi connectivity index (χ0v) is 14.6. The van der Waals surface area contributed by atoms with Crippen LogP contribution in [0, 0.1) is 5.41 Å². The topological polar surface area (TPSA) is 73.5 Å². The van der Waals surface area contributed by atoms with Crippen molar-refractivity contribution in [2.75, 3.05) is 37.6 Å². The molecule has 2 fully saturated rings. The second-order valence-electron chi connectivity index (χ2n) is 6.79. The van der Waals surface area contributed by atoms with Crippen molar-refractivity contribution >= 4 is 29.2 Å².